The van der Waals surface area contributed by atoms with Crippen molar-refractivity contribution in [2.45, 2.75) is 12.5 Å². The second-order valence-corrected chi connectivity index (χ2v) is 6.87. The van der Waals surface area contributed by atoms with Crippen LogP contribution in [0.4, 0.5) is 0 Å². The van der Waals surface area contributed by atoms with Crippen molar-refractivity contribution in [3.63, 3.8) is 0 Å². The summed E-state index contributed by atoms with van der Waals surface area (Å²) in [6, 6.07) is 17.5. The summed E-state index contributed by atoms with van der Waals surface area (Å²) in [4.78, 5) is 5.47. The molecule has 0 aliphatic carbocycles. The molecule has 0 saturated carbocycles. The van der Waals surface area contributed by atoms with Crippen LogP contribution in [0.1, 0.15) is 5.56 Å². The molecule has 24 heavy (non-hydrogen) atoms. The van der Waals surface area contributed by atoms with Gasteiger partial charge >= 0.3 is 0 Å². The van der Waals surface area contributed by atoms with Gasteiger partial charge in [0.15, 0.2) is 0 Å². The molecule has 1 N–H and O–H groups in total. The average molecular weight is 360 g/mol. The third-order valence-corrected chi connectivity index (χ3v) is 4.93. The Kier molecular flexibility index (Phi) is 5.45. The molecule has 0 radical (unpaired) electrons. The van der Waals surface area contributed by atoms with Gasteiger partial charge in [-0.15, -0.1) is 0 Å². The number of aromatic nitrogens is 2. The van der Waals surface area contributed by atoms with Gasteiger partial charge in [-0.1, -0.05) is 65.4 Å². The van der Waals surface area contributed by atoms with E-state index in [1.165, 1.54) is 11.3 Å². The van der Waals surface area contributed by atoms with E-state index < -0.39 is 0 Å². The standard InChI is InChI=1S/C18H18ClN3OS/c1-22-18(20-16(12-23)11-13-5-3-2-4-6-13)24-17(21-22)14-7-9-15(19)10-8-14/h2-10,16,23H,11-12H2,1H3/b20-18+/t16-/m0/s1. The van der Waals surface area contributed by atoms with Crippen LogP contribution in [0.15, 0.2) is 59.6 Å². The zero-order valence-electron chi connectivity index (χ0n) is 13.3. The fraction of sp³-hybridized carbons (Fsp3) is 0.222. The lowest BCUT2D eigenvalue weighted by Crippen LogP contribution is -2.21. The van der Waals surface area contributed by atoms with Crippen molar-refractivity contribution < 1.29 is 5.11 Å². The highest BCUT2D eigenvalue weighted by atomic mass is 35.5. The lowest BCUT2D eigenvalue weighted by molar-refractivity contribution is 0.263. The van der Waals surface area contributed by atoms with Gasteiger partial charge in [0.05, 0.1) is 12.6 Å². The predicted molar refractivity (Wildman–Crippen MR) is 98.1 cm³/mol. The van der Waals surface area contributed by atoms with E-state index in [4.69, 9.17) is 11.6 Å². The summed E-state index contributed by atoms with van der Waals surface area (Å²) in [6.07, 6.45) is 0.700. The summed E-state index contributed by atoms with van der Waals surface area (Å²) in [5, 5.41) is 15.8. The molecule has 1 heterocycles. The number of hydrogen-bond donors (Lipinski definition) is 1. The van der Waals surface area contributed by atoms with Crippen molar-refractivity contribution in [1.82, 2.24) is 9.78 Å². The van der Waals surface area contributed by atoms with Crippen LogP contribution >= 0.6 is 22.9 Å². The Labute approximate surface area is 149 Å². The first kappa shape index (κ1) is 16.9. The van der Waals surface area contributed by atoms with Crippen LogP contribution in [0.2, 0.25) is 5.02 Å². The summed E-state index contributed by atoms with van der Waals surface area (Å²) < 4.78 is 1.75. The number of aliphatic hydroxyl groups excluding tert-OH is 1. The van der Waals surface area contributed by atoms with Crippen molar-refractivity contribution in [2.75, 3.05) is 6.61 Å². The number of benzene rings is 2. The molecule has 6 heteroatoms. The Hall–Kier alpha value is -1.95. The molecule has 0 aliphatic heterocycles. The van der Waals surface area contributed by atoms with Crippen LogP contribution in [-0.2, 0) is 13.5 Å². The Morgan fingerprint density at radius 1 is 1.17 bits per heavy atom. The van der Waals surface area contributed by atoms with E-state index in [2.05, 4.69) is 10.1 Å². The minimum Gasteiger partial charge on any atom is -0.394 e. The molecule has 0 unspecified atom stereocenters. The molecule has 1 atom stereocenters. The third kappa shape index (κ3) is 4.12. The molecular formula is C18H18ClN3OS. The zero-order chi connectivity index (χ0) is 16.9. The van der Waals surface area contributed by atoms with Crippen LogP contribution in [0.5, 0.6) is 0 Å². The van der Waals surface area contributed by atoms with Gasteiger partial charge < -0.3 is 5.11 Å². The fourth-order valence-electron chi connectivity index (χ4n) is 2.36. The summed E-state index contributed by atoms with van der Waals surface area (Å²) in [7, 11) is 1.87. The van der Waals surface area contributed by atoms with Gasteiger partial charge in [-0.05, 0) is 24.1 Å². The highest BCUT2D eigenvalue weighted by Gasteiger charge is 2.10. The van der Waals surface area contributed by atoms with Gasteiger partial charge in [-0.3, -0.25) is 4.99 Å². The van der Waals surface area contributed by atoms with Gasteiger partial charge in [-0.2, -0.15) is 5.10 Å². The summed E-state index contributed by atoms with van der Waals surface area (Å²) in [5.41, 5.74) is 2.16. The Morgan fingerprint density at radius 3 is 2.54 bits per heavy atom. The number of rotatable bonds is 5. The quantitative estimate of drug-likeness (QED) is 0.759. The Bertz CT molecular complexity index is 856. The molecule has 0 fully saturated rings. The molecule has 0 amide bonds. The molecule has 0 aliphatic rings. The molecule has 0 bridgehead atoms. The van der Waals surface area contributed by atoms with Gasteiger partial charge in [0.2, 0.25) is 4.80 Å². The van der Waals surface area contributed by atoms with E-state index in [9.17, 15) is 5.11 Å². The zero-order valence-corrected chi connectivity index (χ0v) is 14.8. The third-order valence-electron chi connectivity index (χ3n) is 3.61. The molecule has 3 aromatic rings. The van der Waals surface area contributed by atoms with E-state index in [0.717, 1.165) is 20.9 Å². The number of nitrogens with zero attached hydrogens (tertiary/aromatic N) is 3. The first-order chi connectivity index (χ1) is 11.7. The Morgan fingerprint density at radius 2 is 1.88 bits per heavy atom. The van der Waals surface area contributed by atoms with E-state index in [1.54, 1.807) is 4.68 Å². The SMILES string of the molecule is Cn1nc(-c2ccc(Cl)cc2)s/c1=N/[C@H](CO)Cc1ccccc1. The molecule has 1 aromatic heterocycles. The maximum atomic E-state index is 9.66. The monoisotopic (exact) mass is 359 g/mol. The highest BCUT2D eigenvalue weighted by Crippen LogP contribution is 2.21. The Balaban J connectivity index is 1.87. The van der Waals surface area contributed by atoms with Crippen LogP contribution < -0.4 is 4.80 Å². The predicted octanol–water partition coefficient (Wildman–Crippen LogP) is 3.31. The van der Waals surface area contributed by atoms with E-state index >= 15 is 0 Å². The minimum absolute atomic E-state index is 0.00305. The average Bonchev–Trinajstić information content (AvgIpc) is 2.96. The molecule has 2 aromatic carbocycles. The summed E-state index contributed by atoms with van der Waals surface area (Å²) >= 11 is 7.44. The fourth-order valence-corrected chi connectivity index (χ4v) is 3.46. The van der Waals surface area contributed by atoms with Crippen LogP contribution in [0.25, 0.3) is 10.6 Å². The van der Waals surface area contributed by atoms with E-state index in [1.807, 2.05) is 61.6 Å². The smallest absolute Gasteiger partial charge is 0.203 e. The van der Waals surface area contributed by atoms with Crippen LogP contribution in [0, 0.1) is 0 Å². The number of aliphatic hydroxyl groups is 1. The van der Waals surface area contributed by atoms with Gasteiger partial charge in [0.1, 0.15) is 5.01 Å². The minimum atomic E-state index is -0.183. The van der Waals surface area contributed by atoms with Gasteiger partial charge in [-0.25, -0.2) is 4.68 Å². The molecule has 3 rings (SSSR count). The number of hydrogen-bond acceptors (Lipinski definition) is 4. The van der Waals surface area contributed by atoms with Crippen LogP contribution in [0.3, 0.4) is 0 Å². The van der Waals surface area contributed by atoms with E-state index in [-0.39, 0.29) is 12.6 Å². The molecule has 0 saturated heterocycles. The maximum absolute atomic E-state index is 9.66. The van der Waals surface area contributed by atoms with Crippen molar-refractivity contribution >= 4 is 22.9 Å². The van der Waals surface area contributed by atoms with Crippen LogP contribution in [-0.4, -0.2) is 27.5 Å². The summed E-state index contributed by atoms with van der Waals surface area (Å²) in [5.74, 6) is 0. The lowest BCUT2D eigenvalue weighted by atomic mass is 10.1. The number of halogens is 1. The first-order valence-electron chi connectivity index (χ1n) is 7.64. The van der Waals surface area contributed by atoms with E-state index in [0.29, 0.717) is 11.4 Å². The molecular weight excluding hydrogens is 342 g/mol. The largest absolute Gasteiger partial charge is 0.394 e. The summed E-state index contributed by atoms with van der Waals surface area (Å²) in [6.45, 7) is 0.00305. The van der Waals surface area contributed by atoms with Crippen molar-refractivity contribution in [3.05, 3.63) is 70.0 Å². The second-order valence-electron chi connectivity index (χ2n) is 5.48. The molecule has 0 spiro atoms. The number of aryl methyl sites for hydroxylation is 1. The molecule has 4 nitrogen and oxygen atoms in total. The van der Waals surface area contributed by atoms with Crippen molar-refractivity contribution in [1.29, 1.82) is 0 Å². The topological polar surface area (TPSA) is 50.4 Å². The lowest BCUT2D eigenvalue weighted by Gasteiger charge is -2.08. The second kappa shape index (κ2) is 7.75. The van der Waals surface area contributed by atoms with Crippen molar-refractivity contribution in [2.24, 2.45) is 12.0 Å². The van der Waals surface area contributed by atoms with Gasteiger partial charge in [0.25, 0.3) is 0 Å². The maximum Gasteiger partial charge on any atom is 0.203 e. The molecule has 124 valence electrons. The highest BCUT2D eigenvalue weighted by molar-refractivity contribution is 7.12. The normalized spacial score (nSPS) is 13.2. The van der Waals surface area contributed by atoms with Crippen molar-refractivity contribution in [3.8, 4) is 10.6 Å². The van der Waals surface area contributed by atoms with Gasteiger partial charge in [0, 0.05) is 17.6 Å². The first-order valence-corrected chi connectivity index (χ1v) is 8.84.